The lowest BCUT2D eigenvalue weighted by molar-refractivity contribution is 0.531. The average Bonchev–Trinajstić information content (AvgIpc) is 2.14. The summed E-state index contributed by atoms with van der Waals surface area (Å²) in [7, 11) is 0. The number of rotatable bonds is 1. The van der Waals surface area contributed by atoms with Gasteiger partial charge < -0.3 is 0 Å². The van der Waals surface area contributed by atoms with Gasteiger partial charge in [-0.3, -0.25) is 4.79 Å². The molecule has 0 aliphatic carbocycles. The molecule has 0 spiro atoms. The van der Waals surface area contributed by atoms with Gasteiger partial charge in [0.2, 0.25) is 6.29 Å². The van der Waals surface area contributed by atoms with E-state index >= 15 is 0 Å². The van der Waals surface area contributed by atoms with E-state index < -0.39 is 0 Å². The van der Waals surface area contributed by atoms with Gasteiger partial charge in [-0.05, 0) is 12.2 Å². The molecule has 0 aromatic carbocycles. The maximum Gasteiger partial charge on any atom is 0.202 e. The molecular weight excluding hydrogens is 108 g/mol. The van der Waals surface area contributed by atoms with Crippen molar-refractivity contribution in [1.29, 1.82) is 0 Å². The summed E-state index contributed by atoms with van der Waals surface area (Å²) in [6.07, 6.45) is 3.04. The lowest BCUT2D eigenvalue weighted by Crippen LogP contribution is -1.96. The van der Waals surface area contributed by atoms with Gasteiger partial charge in [-0.15, -0.1) is 0 Å². The molecule has 0 amide bonds. The van der Waals surface area contributed by atoms with Crippen LogP contribution in [-0.4, -0.2) is 17.8 Å². The second kappa shape index (κ2) is 2.36. The van der Waals surface area contributed by atoms with Gasteiger partial charge in [0.25, 0.3) is 0 Å². The van der Waals surface area contributed by atoms with Gasteiger partial charge in [0.15, 0.2) is 0 Å². The first kappa shape index (κ1) is 5.16. The van der Waals surface area contributed by atoms with Crippen LogP contribution in [-0.2, 0) is 4.79 Å². The van der Waals surface area contributed by atoms with Crippen LogP contribution >= 0.6 is 11.8 Å². The van der Waals surface area contributed by atoms with Gasteiger partial charge in [-0.2, -0.15) is 11.8 Å². The summed E-state index contributed by atoms with van der Waals surface area (Å²) >= 11 is 1.84. The van der Waals surface area contributed by atoms with Crippen LogP contribution in [0.15, 0.2) is 0 Å². The number of hydrogen-bond donors (Lipinski definition) is 0. The summed E-state index contributed by atoms with van der Waals surface area (Å²) < 4.78 is 0. The first-order valence-electron chi connectivity index (χ1n) is 2.39. The van der Waals surface area contributed by atoms with E-state index in [0.717, 1.165) is 17.9 Å². The lowest BCUT2D eigenvalue weighted by atomic mass is 10.2. The molecular formula is C5H7OS. The molecule has 0 bridgehead atoms. The summed E-state index contributed by atoms with van der Waals surface area (Å²) in [5.74, 6) is 2.41. The topological polar surface area (TPSA) is 17.1 Å². The van der Waals surface area contributed by atoms with Gasteiger partial charge >= 0.3 is 0 Å². The Balaban J connectivity index is 2.26. The highest BCUT2D eigenvalue weighted by Gasteiger charge is 2.13. The molecule has 2 heteroatoms. The first-order valence-corrected chi connectivity index (χ1v) is 3.54. The van der Waals surface area contributed by atoms with Gasteiger partial charge in [0.1, 0.15) is 0 Å². The van der Waals surface area contributed by atoms with Crippen molar-refractivity contribution in [3.63, 3.8) is 0 Å². The molecule has 1 atom stereocenters. The molecule has 0 aromatic heterocycles. The summed E-state index contributed by atoms with van der Waals surface area (Å²) in [6.45, 7) is 0. The number of thioether (sulfide) groups is 1. The first-order chi connectivity index (χ1) is 3.43. The zero-order chi connectivity index (χ0) is 5.11. The summed E-state index contributed by atoms with van der Waals surface area (Å²) in [5, 5.41) is 0. The van der Waals surface area contributed by atoms with Gasteiger partial charge in [-0.1, -0.05) is 0 Å². The highest BCUT2D eigenvalue weighted by Crippen LogP contribution is 2.20. The Morgan fingerprint density at radius 1 is 1.71 bits per heavy atom. The molecule has 1 fully saturated rings. The molecule has 0 saturated carbocycles. The van der Waals surface area contributed by atoms with E-state index in [1.54, 1.807) is 0 Å². The van der Waals surface area contributed by atoms with E-state index in [-0.39, 0.29) is 5.92 Å². The van der Waals surface area contributed by atoms with Crippen molar-refractivity contribution in [2.45, 2.75) is 6.42 Å². The quantitative estimate of drug-likeness (QED) is 0.504. The average molecular weight is 115 g/mol. The zero-order valence-corrected chi connectivity index (χ0v) is 4.83. The summed E-state index contributed by atoms with van der Waals surface area (Å²) in [4.78, 5) is 9.87. The zero-order valence-electron chi connectivity index (χ0n) is 4.02. The Morgan fingerprint density at radius 2 is 2.57 bits per heavy atom. The van der Waals surface area contributed by atoms with Crippen LogP contribution in [0.5, 0.6) is 0 Å². The smallest absolute Gasteiger partial charge is 0.202 e. The SMILES string of the molecule is O=[C]C1CCSC1. The van der Waals surface area contributed by atoms with Crippen molar-refractivity contribution in [1.82, 2.24) is 0 Å². The summed E-state index contributed by atoms with van der Waals surface area (Å²) in [6, 6.07) is 0. The van der Waals surface area contributed by atoms with Crippen LogP contribution in [0.25, 0.3) is 0 Å². The minimum atomic E-state index is 0.255. The molecule has 1 radical (unpaired) electrons. The summed E-state index contributed by atoms with van der Waals surface area (Å²) in [5.41, 5.74) is 0. The van der Waals surface area contributed by atoms with E-state index in [0.29, 0.717) is 0 Å². The van der Waals surface area contributed by atoms with Gasteiger partial charge in [0, 0.05) is 11.7 Å². The van der Waals surface area contributed by atoms with Crippen molar-refractivity contribution in [3.05, 3.63) is 0 Å². The van der Waals surface area contributed by atoms with E-state index in [1.165, 1.54) is 0 Å². The fourth-order valence-electron chi connectivity index (χ4n) is 0.627. The molecule has 0 N–H and O–H groups in total. The molecule has 0 aromatic rings. The van der Waals surface area contributed by atoms with Crippen LogP contribution < -0.4 is 0 Å². The molecule has 1 heterocycles. The van der Waals surface area contributed by atoms with Crippen LogP contribution in [0, 0.1) is 5.92 Å². The number of carbonyl (C=O) groups excluding carboxylic acids is 1. The molecule has 1 aliphatic rings. The largest absolute Gasteiger partial charge is 0.291 e. The highest BCUT2D eigenvalue weighted by molar-refractivity contribution is 7.99. The molecule has 39 valence electrons. The van der Waals surface area contributed by atoms with E-state index in [2.05, 4.69) is 0 Å². The lowest BCUT2D eigenvalue weighted by Gasteiger charge is -1.87. The Hall–Kier alpha value is 0.0200. The Labute approximate surface area is 47.5 Å². The Morgan fingerprint density at radius 3 is 2.86 bits per heavy atom. The van der Waals surface area contributed by atoms with Crippen molar-refractivity contribution < 1.29 is 4.79 Å². The number of hydrogen-bond acceptors (Lipinski definition) is 2. The van der Waals surface area contributed by atoms with E-state index in [4.69, 9.17) is 0 Å². The minimum Gasteiger partial charge on any atom is -0.291 e. The van der Waals surface area contributed by atoms with Crippen LogP contribution in [0.3, 0.4) is 0 Å². The second-order valence-corrected chi connectivity index (χ2v) is 2.83. The van der Waals surface area contributed by atoms with Crippen molar-refractivity contribution in [2.75, 3.05) is 11.5 Å². The predicted molar refractivity (Wildman–Crippen MR) is 31.1 cm³/mol. The Bertz CT molecular complexity index is 66.5. The fraction of sp³-hybridized carbons (Fsp3) is 0.800. The van der Waals surface area contributed by atoms with Crippen molar-refractivity contribution in [2.24, 2.45) is 5.92 Å². The van der Waals surface area contributed by atoms with Crippen LogP contribution in [0.1, 0.15) is 6.42 Å². The van der Waals surface area contributed by atoms with E-state index in [9.17, 15) is 4.79 Å². The monoisotopic (exact) mass is 115 g/mol. The third-order valence-electron chi connectivity index (χ3n) is 1.10. The molecule has 1 aliphatic heterocycles. The third-order valence-corrected chi connectivity index (χ3v) is 2.26. The molecule has 1 nitrogen and oxygen atoms in total. The molecule has 1 unspecified atom stereocenters. The minimum absolute atomic E-state index is 0.255. The van der Waals surface area contributed by atoms with Crippen molar-refractivity contribution >= 4 is 18.0 Å². The van der Waals surface area contributed by atoms with Crippen LogP contribution in [0.4, 0.5) is 0 Å². The molecule has 7 heavy (non-hydrogen) atoms. The fourth-order valence-corrected chi connectivity index (χ4v) is 1.76. The van der Waals surface area contributed by atoms with Crippen LogP contribution in [0.2, 0.25) is 0 Å². The van der Waals surface area contributed by atoms with Gasteiger partial charge in [-0.25, -0.2) is 0 Å². The Kier molecular flexibility index (Phi) is 1.74. The molecule has 1 rings (SSSR count). The highest BCUT2D eigenvalue weighted by atomic mass is 32.2. The second-order valence-electron chi connectivity index (χ2n) is 1.68. The molecule has 1 saturated heterocycles. The van der Waals surface area contributed by atoms with Crippen molar-refractivity contribution in [3.8, 4) is 0 Å². The van der Waals surface area contributed by atoms with E-state index in [1.807, 2.05) is 18.0 Å². The normalized spacial score (nSPS) is 30.6. The maximum absolute atomic E-state index is 9.87. The standard InChI is InChI=1S/C5H7OS/c6-3-5-1-2-7-4-5/h5H,1-2,4H2. The predicted octanol–water partition coefficient (Wildman–Crippen LogP) is 0.849. The maximum atomic E-state index is 9.87. The third kappa shape index (κ3) is 1.20. The van der Waals surface area contributed by atoms with Gasteiger partial charge in [0.05, 0.1) is 0 Å².